The van der Waals surface area contributed by atoms with Gasteiger partial charge in [-0.25, -0.2) is 9.78 Å². The number of urea groups is 1. The quantitative estimate of drug-likeness (QED) is 0.822. The molecule has 0 spiro atoms. The van der Waals surface area contributed by atoms with Crippen molar-refractivity contribution in [3.05, 3.63) is 53.7 Å². The van der Waals surface area contributed by atoms with Crippen LogP contribution in [0.4, 0.5) is 4.79 Å². The Bertz CT molecular complexity index is 862. The molecular weight excluding hydrogens is 372 g/mol. The lowest BCUT2D eigenvalue weighted by atomic mass is 10.1. The zero-order chi connectivity index (χ0) is 20.1. The van der Waals surface area contributed by atoms with E-state index in [1.54, 1.807) is 6.20 Å². The summed E-state index contributed by atoms with van der Waals surface area (Å²) >= 11 is 0. The molecule has 0 aliphatic carbocycles. The molecule has 2 aliphatic heterocycles. The number of nitrogens with one attached hydrogen (secondary N) is 2. The van der Waals surface area contributed by atoms with Gasteiger partial charge in [0, 0.05) is 35.1 Å². The maximum absolute atomic E-state index is 11.6. The number of amides is 3. The lowest BCUT2D eigenvalue weighted by Gasteiger charge is -2.26. The Kier molecular flexibility index (Phi) is 5.90. The van der Waals surface area contributed by atoms with E-state index in [2.05, 4.69) is 32.7 Å². The molecule has 1 aromatic carbocycles. The molecule has 0 saturated carbocycles. The van der Waals surface area contributed by atoms with Crippen molar-refractivity contribution >= 4 is 11.9 Å². The van der Waals surface area contributed by atoms with Gasteiger partial charge in [-0.3, -0.25) is 15.0 Å². The average molecular weight is 400 g/mol. The van der Waals surface area contributed by atoms with Crippen LogP contribution in [0.25, 0.3) is 0 Å². The van der Waals surface area contributed by atoms with Crippen molar-refractivity contribution in [2.45, 2.75) is 25.5 Å². The standard InChI is InChI=1S/C21H24N4O4.2H2/c26-19-4-2-11-25(12-10-23-21(27)24-19)13-15-5-7-16(8-6-15)18-14-28-17-3-1-9-22-20(17)29-18;;/h1,3,5-9,18H,2,4,10-14H2,(H2,23,24,26,27);2*1H/t18-;;/m1../s1. The molecule has 0 bridgehead atoms. The molecule has 4 rings (SSSR count). The molecule has 3 amide bonds. The molecular formula is C21H28N4O4. The number of fused-ring (bicyclic) bond motifs is 1. The molecule has 0 radical (unpaired) electrons. The monoisotopic (exact) mass is 400 g/mol. The van der Waals surface area contributed by atoms with Gasteiger partial charge in [0.15, 0.2) is 11.9 Å². The molecule has 3 heterocycles. The number of pyridine rings is 1. The third-order valence-corrected chi connectivity index (χ3v) is 4.98. The molecule has 1 fully saturated rings. The average Bonchev–Trinajstić information content (AvgIpc) is 2.73. The van der Waals surface area contributed by atoms with Gasteiger partial charge in [-0.1, -0.05) is 24.3 Å². The number of carbonyl (C=O) groups excluding carboxylic acids is 2. The summed E-state index contributed by atoms with van der Waals surface area (Å²) in [7, 11) is 0. The van der Waals surface area contributed by atoms with E-state index in [1.165, 1.54) is 0 Å². The summed E-state index contributed by atoms with van der Waals surface area (Å²) in [6, 6.07) is 11.5. The van der Waals surface area contributed by atoms with Gasteiger partial charge in [-0.2, -0.15) is 0 Å². The Morgan fingerprint density at radius 2 is 2.03 bits per heavy atom. The number of imide groups is 1. The molecule has 156 valence electrons. The lowest BCUT2D eigenvalue weighted by Crippen LogP contribution is -2.44. The second-order valence-electron chi connectivity index (χ2n) is 7.15. The summed E-state index contributed by atoms with van der Waals surface area (Å²) in [5.74, 6) is 0.955. The van der Waals surface area contributed by atoms with Crippen LogP contribution in [0, 0.1) is 0 Å². The van der Waals surface area contributed by atoms with Gasteiger partial charge in [-0.05, 0) is 36.2 Å². The van der Waals surface area contributed by atoms with Gasteiger partial charge in [0.2, 0.25) is 5.91 Å². The van der Waals surface area contributed by atoms with Crippen LogP contribution >= 0.6 is 0 Å². The van der Waals surface area contributed by atoms with Crippen molar-refractivity contribution in [3.63, 3.8) is 0 Å². The topological polar surface area (TPSA) is 92.8 Å². The number of carbonyl (C=O) groups is 2. The van der Waals surface area contributed by atoms with Crippen LogP contribution in [0.2, 0.25) is 0 Å². The summed E-state index contributed by atoms with van der Waals surface area (Å²) in [4.78, 5) is 29.6. The molecule has 1 aromatic heterocycles. The maximum atomic E-state index is 11.6. The Balaban J connectivity index is 0.00000171. The van der Waals surface area contributed by atoms with Crippen molar-refractivity contribution in [3.8, 4) is 11.6 Å². The maximum Gasteiger partial charge on any atom is 0.321 e. The molecule has 0 unspecified atom stereocenters. The number of aromatic nitrogens is 1. The first-order chi connectivity index (χ1) is 14.2. The summed E-state index contributed by atoms with van der Waals surface area (Å²) < 4.78 is 11.7. The summed E-state index contributed by atoms with van der Waals surface area (Å²) in [5, 5.41) is 5.03. The van der Waals surface area contributed by atoms with E-state index < -0.39 is 6.03 Å². The molecule has 8 heteroatoms. The molecule has 8 nitrogen and oxygen atoms in total. The molecule has 2 aromatic rings. The fourth-order valence-electron chi connectivity index (χ4n) is 3.46. The van der Waals surface area contributed by atoms with E-state index in [9.17, 15) is 9.59 Å². The highest BCUT2D eigenvalue weighted by Crippen LogP contribution is 2.33. The predicted octanol–water partition coefficient (Wildman–Crippen LogP) is 2.51. The number of nitrogens with zero attached hydrogens (tertiary/aromatic N) is 2. The van der Waals surface area contributed by atoms with Crippen molar-refractivity contribution in [2.24, 2.45) is 0 Å². The minimum atomic E-state index is -0.424. The van der Waals surface area contributed by atoms with Crippen LogP contribution in [-0.2, 0) is 11.3 Å². The van der Waals surface area contributed by atoms with Crippen molar-refractivity contribution in [1.29, 1.82) is 0 Å². The van der Waals surface area contributed by atoms with Gasteiger partial charge >= 0.3 is 6.03 Å². The second-order valence-corrected chi connectivity index (χ2v) is 7.15. The third kappa shape index (κ3) is 5.03. The molecule has 2 N–H and O–H groups in total. The van der Waals surface area contributed by atoms with Gasteiger partial charge in [0.25, 0.3) is 5.88 Å². The van der Waals surface area contributed by atoms with Gasteiger partial charge in [0.05, 0.1) is 0 Å². The summed E-state index contributed by atoms with van der Waals surface area (Å²) in [5.41, 5.74) is 2.20. The normalized spacial score (nSPS) is 20.5. The fraction of sp³-hybridized carbons (Fsp3) is 0.381. The van der Waals surface area contributed by atoms with E-state index in [1.807, 2.05) is 24.3 Å². The van der Waals surface area contributed by atoms with Crippen molar-refractivity contribution in [2.75, 3.05) is 26.2 Å². The highest BCUT2D eigenvalue weighted by atomic mass is 16.6. The van der Waals surface area contributed by atoms with Crippen LogP contribution in [0.15, 0.2) is 42.6 Å². The van der Waals surface area contributed by atoms with Gasteiger partial charge in [0.1, 0.15) is 6.61 Å². The van der Waals surface area contributed by atoms with E-state index in [0.717, 1.165) is 37.2 Å². The Hall–Kier alpha value is -3.13. The third-order valence-electron chi connectivity index (χ3n) is 4.98. The highest BCUT2D eigenvalue weighted by Gasteiger charge is 2.23. The zero-order valence-corrected chi connectivity index (χ0v) is 16.1. The van der Waals surface area contributed by atoms with E-state index >= 15 is 0 Å². The smallest absolute Gasteiger partial charge is 0.321 e. The zero-order valence-electron chi connectivity index (χ0n) is 16.1. The van der Waals surface area contributed by atoms with E-state index in [0.29, 0.717) is 31.2 Å². The second kappa shape index (κ2) is 8.91. The van der Waals surface area contributed by atoms with Crippen LogP contribution < -0.4 is 20.1 Å². The van der Waals surface area contributed by atoms with E-state index in [4.69, 9.17) is 9.47 Å². The molecule has 2 aliphatic rings. The minimum Gasteiger partial charge on any atom is -0.484 e. The predicted molar refractivity (Wildman–Crippen MR) is 110 cm³/mol. The van der Waals surface area contributed by atoms with Crippen molar-refractivity contribution in [1.82, 2.24) is 20.5 Å². The first kappa shape index (κ1) is 19.2. The Morgan fingerprint density at radius 3 is 2.90 bits per heavy atom. The Morgan fingerprint density at radius 1 is 1.17 bits per heavy atom. The molecule has 1 saturated heterocycles. The van der Waals surface area contributed by atoms with Crippen molar-refractivity contribution < 1.29 is 21.9 Å². The van der Waals surface area contributed by atoms with Gasteiger partial charge < -0.3 is 14.8 Å². The molecule has 29 heavy (non-hydrogen) atoms. The highest BCUT2D eigenvalue weighted by molar-refractivity contribution is 5.94. The minimum absolute atomic E-state index is 0. The lowest BCUT2D eigenvalue weighted by molar-refractivity contribution is -0.120. The van der Waals surface area contributed by atoms with Crippen LogP contribution in [-0.4, -0.2) is 48.1 Å². The Labute approximate surface area is 172 Å². The summed E-state index contributed by atoms with van der Waals surface area (Å²) in [6.07, 6.45) is 2.57. The largest absolute Gasteiger partial charge is 0.484 e. The van der Waals surface area contributed by atoms with Crippen LogP contribution in [0.5, 0.6) is 11.6 Å². The number of hydrogen-bond acceptors (Lipinski definition) is 6. The first-order valence-electron chi connectivity index (χ1n) is 9.81. The summed E-state index contributed by atoms with van der Waals surface area (Å²) in [6.45, 7) is 3.23. The number of benzene rings is 1. The number of rotatable bonds is 3. The fourth-order valence-corrected chi connectivity index (χ4v) is 3.46. The SMILES string of the molecule is O=C1CCCN(Cc2ccc([C@H]3COc4cccnc4O3)cc2)CCNC(=O)N1.[HH].[HH]. The number of hydrogen-bond donors (Lipinski definition) is 2. The first-order valence-corrected chi connectivity index (χ1v) is 9.81. The molecule has 1 atom stereocenters. The number of ether oxygens (including phenoxy) is 2. The van der Waals surface area contributed by atoms with Crippen LogP contribution in [0.3, 0.4) is 0 Å². The van der Waals surface area contributed by atoms with E-state index in [-0.39, 0.29) is 14.9 Å². The van der Waals surface area contributed by atoms with Crippen LogP contribution in [0.1, 0.15) is 32.9 Å². The van der Waals surface area contributed by atoms with Gasteiger partial charge in [-0.15, -0.1) is 0 Å².